The fraction of sp³-hybridized carbons (Fsp3) is 0.308. The SMILES string of the molecule is CCOC1CC(=O)C=C(c2ccc(Cl)cc2)O1. The Labute approximate surface area is 105 Å². The minimum Gasteiger partial charge on any atom is -0.464 e. The van der Waals surface area contributed by atoms with Gasteiger partial charge in [-0.3, -0.25) is 4.79 Å². The summed E-state index contributed by atoms with van der Waals surface area (Å²) in [4.78, 5) is 11.5. The molecule has 2 rings (SSSR count). The molecular weight excluding hydrogens is 240 g/mol. The molecule has 0 spiro atoms. The van der Waals surface area contributed by atoms with Crippen LogP contribution in [0, 0.1) is 0 Å². The van der Waals surface area contributed by atoms with E-state index in [1.165, 1.54) is 6.08 Å². The molecular formula is C13H13ClO3. The summed E-state index contributed by atoms with van der Waals surface area (Å²) in [5.74, 6) is 0.552. The zero-order valence-electron chi connectivity index (χ0n) is 9.48. The van der Waals surface area contributed by atoms with Gasteiger partial charge in [-0.25, -0.2) is 0 Å². The van der Waals surface area contributed by atoms with Crippen LogP contribution < -0.4 is 0 Å². The normalized spacial score (nSPS) is 19.8. The van der Waals surface area contributed by atoms with Crippen molar-refractivity contribution >= 4 is 23.1 Å². The highest BCUT2D eigenvalue weighted by atomic mass is 35.5. The van der Waals surface area contributed by atoms with Crippen molar-refractivity contribution in [1.82, 2.24) is 0 Å². The van der Waals surface area contributed by atoms with Crippen molar-refractivity contribution in [3.63, 3.8) is 0 Å². The highest BCUT2D eigenvalue weighted by molar-refractivity contribution is 6.30. The fourth-order valence-electron chi connectivity index (χ4n) is 1.63. The van der Waals surface area contributed by atoms with E-state index in [4.69, 9.17) is 21.1 Å². The molecule has 3 nitrogen and oxygen atoms in total. The number of halogens is 1. The first-order chi connectivity index (χ1) is 8.19. The van der Waals surface area contributed by atoms with E-state index in [1.807, 2.05) is 19.1 Å². The van der Waals surface area contributed by atoms with Gasteiger partial charge >= 0.3 is 0 Å². The largest absolute Gasteiger partial charge is 0.464 e. The smallest absolute Gasteiger partial charge is 0.207 e. The molecule has 1 aromatic rings. The lowest BCUT2D eigenvalue weighted by molar-refractivity contribution is -0.134. The third-order valence-electron chi connectivity index (χ3n) is 2.40. The molecule has 1 atom stereocenters. The van der Waals surface area contributed by atoms with Crippen LogP contribution in [-0.2, 0) is 14.3 Å². The molecule has 0 bridgehead atoms. The maximum absolute atomic E-state index is 11.5. The van der Waals surface area contributed by atoms with E-state index < -0.39 is 6.29 Å². The average molecular weight is 253 g/mol. The number of rotatable bonds is 3. The Morgan fingerprint density at radius 2 is 2.12 bits per heavy atom. The van der Waals surface area contributed by atoms with Gasteiger partial charge in [-0.2, -0.15) is 0 Å². The van der Waals surface area contributed by atoms with Gasteiger partial charge in [0.25, 0.3) is 0 Å². The van der Waals surface area contributed by atoms with Gasteiger partial charge < -0.3 is 9.47 Å². The van der Waals surface area contributed by atoms with Crippen molar-refractivity contribution in [2.24, 2.45) is 0 Å². The van der Waals surface area contributed by atoms with Gasteiger partial charge in [0.2, 0.25) is 6.29 Å². The van der Waals surface area contributed by atoms with Crippen LogP contribution in [0.15, 0.2) is 30.3 Å². The predicted molar refractivity (Wildman–Crippen MR) is 65.6 cm³/mol. The molecule has 1 aliphatic heterocycles. The molecule has 1 heterocycles. The number of benzene rings is 1. The molecule has 1 aromatic carbocycles. The maximum Gasteiger partial charge on any atom is 0.207 e. The summed E-state index contributed by atoms with van der Waals surface area (Å²) in [6, 6.07) is 7.15. The molecule has 0 saturated carbocycles. The summed E-state index contributed by atoms with van der Waals surface area (Å²) in [5.41, 5.74) is 0.826. The number of ketones is 1. The molecule has 4 heteroatoms. The zero-order valence-corrected chi connectivity index (χ0v) is 10.2. The first-order valence-electron chi connectivity index (χ1n) is 5.47. The van der Waals surface area contributed by atoms with E-state index in [0.29, 0.717) is 17.4 Å². The summed E-state index contributed by atoms with van der Waals surface area (Å²) < 4.78 is 10.9. The lowest BCUT2D eigenvalue weighted by atomic mass is 10.1. The second-order valence-corrected chi connectivity index (χ2v) is 4.13. The predicted octanol–water partition coefficient (Wildman–Crippen LogP) is 3.03. The fourth-order valence-corrected chi connectivity index (χ4v) is 1.76. The standard InChI is InChI=1S/C13H13ClO3/c1-2-16-13-8-11(15)7-12(17-13)9-3-5-10(14)6-4-9/h3-7,13H,2,8H2,1H3. The molecule has 0 saturated heterocycles. The molecule has 17 heavy (non-hydrogen) atoms. The Morgan fingerprint density at radius 3 is 2.76 bits per heavy atom. The number of hydrogen-bond acceptors (Lipinski definition) is 3. The van der Waals surface area contributed by atoms with E-state index in [1.54, 1.807) is 12.1 Å². The summed E-state index contributed by atoms with van der Waals surface area (Å²) >= 11 is 5.81. The molecule has 0 aliphatic carbocycles. The Kier molecular flexibility index (Phi) is 3.82. The van der Waals surface area contributed by atoms with Gasteiger partial charge in [0.1, 0.15) is 5.76 Å². The summed E-state index contributed by atoms with van der Waals surface area (Å²) in [7, 11) is 0. The van der Waals surface area contributed by atoms with Crippen LogP contribution in [0.4, 0.5) is 0 Å². The van der Waals surface area contributed by atoms with Crippen molar-refractivity contribution in [3.8, 4) is 0 Å². The second kappa shape index (κ2) is 5.34. The number of carbonyl (C=O) groups excluding carboxylic acids is 1. The molecule has 0 N–H and O–H groups in total. The minimum absolute atomic E-state index is 0.0136. The maximum atomic E-state index is 11.5. The van der Waals surface area contributed by atoms with E-state index >= 15 is 0 Å². The molecule has 1 unspecified atom stereocenters. The lowest BCUT2D eigenvalue weighted by Gasteiger charge is -2.23. The Balaban J connectivity index is 2.20. The van der Waals surface area contributed by atoms with Crippen molar-refractivity contribution < 1.29 is 14.3 Å². The topological polar surface area (TPSA) is 35.5 Å². The van der Waals surface area contributed by atoms with Crippen LogP contribution in [0.5, 0.6) is 0 Å². The molecule has 0 radical (unpaired) electrons. The average Bonchev–Trinajstić information content (AvgIpc) is 2.29. The van der Waals surface area contributed by atoms with Crippen LogP contribution in [0.1, 0.15) is 18.9 Å². The summed E-state index contributed by atoms with van der Waals surface area (Å²) in [6.45, 7) is 2.39. The third kappa shape index (κ3) is 3.08. The quantitative estimate of drug-likeness (QED) is 0.830. The van der Waals surface area contributed by atoms with Gasteiger partial charge in [-0.15, -0.1) is 0 Å². The van der Waals surface area contributed by atoms with Gasteiger partial charge in [0.05, 0.1) is 6.42 Å². The monoisotopic (exact) mass is 252 g/mol. The van der Waals surface area contributed by atoms with Gasteiger partial charge in [-0.05, 0) is 31.2 Å². The Hall–Kier alpha value is -1.32. The van der Waals surface area contributed by atoms with Crippen molar-refractivity contribution in [1.29, 1.82) is 0 Å². The van der Waals surface area contributed by atoms with Crippen LogP contribution in [-0.4, -0.2) is 18.7 Å². The Morgan fingerprint density at radius 1 is 1.41 bits per heavy atom. The van der Waals surface area contributed by atoms with Crippen molar-refractivity contribution in [2.75, 3.05) is 6.61 Å². The molecule has 1 aliphatic rings. The zero-order chi connectivity index (χ0) is 12.3. The second-order valence-electron chi connectivity index (χ2n) is 3.69. The van der Waals surface area contributed by atoms with Crippen LogP contribution >= 0.6 is 11.6 Å². The van der Waals surface area contributed by atoms with Crippen molar-refractivity contribution in [3.05, 3.63) is 40.9 Å². The summed E-state index contributed by atoms with van der Waals surface area (Å²) in [6.07, 6.45) is 1.28. The number of allylic oxidation sites excluding steroid dienone is 1. The minimum atomic E-state index is -0.483. The van der Waals surface area contributed by atoms with Crippen LogP contribution in [0.25, 0.3) is 5.76 Å². The number of hydrogen-bond donors (Lipinski definition) is 0. The van der Waals surface area contributed by atoms with E-state index in [9.17, 15) is 4.79 Å². The number of carbonyl (C=O) groups is 1. The van der Waals surface area contributed by atoms with E-state index in [0.717, 1.165) is 5.56 Å². The van der Waals surface area contributed by atoms with Gasteiger partial charge in [0.15, 0.2) is 5.78 Å². The highest BCUT2D eigenvalue weighted by Crippen LogP contribution is 2.25. The molecule has 0 fully saturated rings. The molecule has 0 amide bonds. The summed E-state index contributed by atoms with van der Waals surface area (Å²) in [5, 5.41) is 0.651. The first-order valence-corrected chi connectivity index (χ1v) is 5.85. The Bertz CT molecular complexity index is 436. The van der Waals surface area contributed by atoms with Crippen LogP contribution in [0.3, 0.4) is 0 Å². The first kappa shape index (κ1) is 12.1. The molecule has 90 valence electrons. The van der Waals surface area contributed by atoms with Crippen molar-refractivity contribution in [2.45, 2.75) is 19.6 Å². The molecule has 0 aromatic heterocycles. The third-order valence-corrected chi connectivity index (χ3v) is 2.65. The van der Waals surface area contributed by atoms with Gasteiger partial charge in [0, 0.05) is 23.3 Å². The van der Waals surface area contributed by atoms with E-state index in [2.05, 4.69) is 0 Å². The van der Waals surface area contributed by atoms with Gasteiger partial charge in [-0.1, -0.05) is 11.6 Å². The highest BCUT2D eigenvalue weighted by Gasteiger charge is 2.22. The lowest BCUT2D eigenvalue weighted by Crippen LogP contribution is -2.24. The van der Waals surface area contributed by atoms with E-state index in [-0.39, 0.29) is 12.2 Å². The van der Waals surface area contributed by atoms with Crippen LogP contribution in [0.2, 0.25) is 5.02 Å². The number of ether oxygens (including phenoxy) is 2.